The standard InChI is InChI=1S/C24H29N5O2/c30-22-20-18-6-7-19(17-5-4-16(17)18)21(20)23(31)29(22)11-2-1-10-27-12-14-28(15-13-27)24-25-8-3-9-26-24/h3-9,16-21H,1-2,10-15H2/t16-,17+,18?,19?,20-,21+. The minimum atomic E-state index is -0.109. The molecule has 3 heterocycles. The number of nitrogens with zero attached hydrogens (tertiary/aromatic N) is 5. The zero-order valence-corrected chi connectivity index (χ0v) is 17.7. The Bertz CT molecular complexity index is 883. The van der Waals surface area contributed by atoms with Crippen molar-refractivity contribution in [3.8, 4) is 0 Å². The molecule has 4 aliphatic carbocycles. The van der Waals surface area contributed by atoms with Gasteiger partial charge in [-0.2, -0.15) is 0 Å². The molecule has 7 heteroatoms. The van der Waals surface area contributed by atoms with Gasteiger partial charge in [0.05, 0.1) is 11.8 Å². The summed E-state index contributed by atoms with van der Waals surface area (Å²) in [4.78, 5) is 41.2. The SMILES string of the molecule is O=C1[C@@H]2C3C=CC([C@H]4C=C[C@@H]34)[C@@H]2C(=O)N1CCCCN1CCN(c2ncccn2)CC1. The quantitative estimate of drug-likeness (QED) is 0.396. The summed E-state index contributed by atoms with van der Waals surface area (Å²) >= 11 is 0. The lowest BCUT2D eigenvalue weighted by Gasteiger charge is -2.51. The molecular weight excluding hydrogens is 390 g/mol. The van der Waals surface area contributed by atoms with Gasteiger partial charge in [0.15, 0.2) is 0 Å². The van der Waals surface area contributed by atoms with Crippen LogP contribution in [0, 0.1) is 35.5 Å². The highest BCUT2D eigenvalue weighted by atomic mass is 16.2. The first-order valence-corrected chi connectivity index (χ1v) is 11.7. The van der Waals surface area contributed by atoms with E-state index in [4.69, 9.17) is 0 Å². The molecular formula is C24H29N5O2. The van der Waals surface area contributed by atoms with Gasteiger partial charge >= 0.3 is 0 Å². The van der Waals surface area contributed by atoms with E-state index in [0.717, 1.165) is 51.5 Å². The van der Waals surface area contributed by atoms with Crippen molar-refractivity contribution in [1.82, 2.24) is 19.8 Å². The number of unbranched alkanes of at least 4 members (excludes halogenated alkanes) is 1. The smallest absolute Gasteiger partial charge is 0.233 e. The van der Waals surface area contributed by atoms with Gasteiger partial charge in [-0.25, -0.2) is 9.97 Å². The van der Waals surface area contributed by atoms with Crippen LogP contribution >= 0.6 is 0 Å². The minimum absolute atomic E-state index is 0.0876. The normalized spacial score (nSPS) is 36.0. The Labute approximate surface area is 182 Å². The molecule has 2 unspecified atom stereocenters. The van der Waals surface area contributed by atoms with E-state index in [2.05, 4.69) is 44.1 Å². The van der Waals surface area contributed by atoms with E-state index < -0.39 is 0 Å². The number of anilines is 1. The molecule has 2 bridgehead atoms. The number of piperazine rings is 1. The topological polar surface area (TPSA) is 69.6 Å². The maximum Gasteiger partial charge on any atom is 0.233 e. The fourth-order valence-corrected chi connectivity index (χ4v) is 6.40. The molecule has 2 amide bonds. The fourth-order valence-electron chi connectivity index (χ4n) is 6.40. The Morgan fingerprint density at radius 3 is 1.87 bits per heavy atom. The van der Waals surface area contributed by atoms with Crippen molar-refractivity contribution >= 4 is 17.8 Å². The van der Waals surface area contributed by atoms with Crippen LogP contribution in [0.5, 0.6) is 0 Å². The summed E-state index contributed by atoms with van der Waals surface area (Å²) in [5, 5.41) is 0. The van der Waals surface area contributed by atoms with Gasteiger partial charge in [0.2, 0.25) is 17.8 Å². The van der Waals surface area contributed by atoms with Crippen molar-refractivity contribution in [2.75, 3.05) is 44.2 Å². The summed E-state index contributed by atoms with van der Waals surface area (Å²) in [6.07, 6.45) is 14.4. The highest BCUT2D eigenvalue weighted by Crippen LogP contribution is 2.58. The lowest BCUT2D eigenvalue weighted by Crippen LogP contribution is -2.50. The lowest BCUT2D eigenvalue weighted by molar-refractivity contribution is -0.140. The fraction of sp³-hybridized carbons (Fsp3) is 0.583. The Morgan fingerprint density at radius 2 is 1.29 bits per heavy atom. The summed E-state index contributed by atoms with van der Waals surface area (Å²) in [5.41, 5.74) is 0. The number of rotatable bonds is 6. The van der Waals surface area contributed by atoms with Crippen molar-refractivity contribution in [2.24, 2.45) is 35.5 Å². The number of aromatic nitrogens is 2. The Morgan fingerprint density at radius 1 is 0.742 bits per heavy atom. The summed E-state index contributed by atoms with van der Waals surface area (Å²) in [6, 6.07) is 1.84. The Balaban J connectivity index is 0.985. The first-order chi connectivity index (χ1) is 15.2. The molecule has 2 saturated heterocycles. The minimum Gasteiger partial charge on any atom is -0.338 e. The molecule has 3 fully saturated rings. The third kappa shape index (κ3) is 3.04. The van der Waals surface area contributed by atoms with Gasteiger partial charge in [0.1, 0.15) is 0 Å². The predicted molar refractivity (Wildman–Crippen MR) is 116 cm³/mol. The van der Waals surface area contributed by atoms with Crippen LogP contribution in [0.2, 0.25) is 0 Å². The molecule has 0 N–H and O–H groups in total. The van der Waals surface area contributed by atoms with Crippen molar-refractivity contribution in [3.05, 3.63) is 42.8 Å². The molecule has 31 heavy (non-hydrogen) atoms. The zero-order valence-electron chi connectivity index (χ0n) is 17.7. The molecule has 0 spiro atoms. The second-order valence-electron chi connectivity index (χ2n) is 9.54. The molecule has 1 aromatic rings. The summed E-state index contributed by atoms with van der Waals surface area (Å²) < 4.78 is 0. The average molecular weight is 420 g/mol. The maximum atomic E-state index is 13.1. The van der Waals surface area contributed by atoms with E-state index in [-0.39, 0.29) is 35.5 Å². The van der Waals surface area contributed by atoms with E-state index in [1.54, 1.807) is 17.3 Å². The largest absolute Gasteiger partial charge is 0.338 e. The van der Waals surface area contributed by atoms with E-state index in [0.29, 0.717) is 18.4 Å². The van der Waals surface area contributed by atoms with Gasteiger partial charge in [-0.05, 0) is 49.1 Å². The van der Waals surface area contributed by atoms with E-state index in [1.807, 2.05) is 6.07 Å². The van der Waals surface area contributed by atoms with Crippen LogP contribution in [0.15, 0.2) is 42.8 Å². The summed E-state index contributed by atoms with van der Waals surface area (Å²) in [7, 11) is 0. The van der Waals surface area contributed by atoms with Gasteiger partial charge in [0.25, 0.3) is 0 Å². The molecule has 162 valence electrons. The average Bonchev–Trinajstić information content (AvgIpc) is 3.04. The number of likely N-dealkylation sites (tertiary alicyclic amines) is 1. The molecule has 6 atom stereocenters. The van der Waals surface area contributed by atoms with Crippen LogP contribution in [0.25, 0.3) is 0 Å². The van der Waals surface area contributed by atoms with Crippen LogP contribution < -0.4 is 4.90 Å². The van der Waals surface area contributed by atoms with E-state index in [9.17, 15) is 9.59 Å². The Hall–Kier alpha value is -2.54. The zero-order chi connectivity index (χ0) is 20.9. The molecule has 1 saturated carbocycles. The number of allylic oxidation sites excluding steroid dienone is 4. The predicted octanol–water partition coefficient (Wildman–Crippen LogP) is 1.60. The van der Waals surface area contributed by atoms with Crippen LogP contribution in [-0.2, 0) is 9.59 Å². The highest BCUT2D eigenvalue weighted by Gasteiger charge is 2.62. The van der Waals surface area contributed by atoms with Crippen molar-refractivity contribution in [2.45, 2.75) is 12.8 Å². The first-order valence-electron chi connectivity index (χ1n) is 11.7. The molecule has 2 aliphatic heterocycles. The molecule has 1 aromatic heterocycles. The number of carbonyl (C=O) groups is 2. The number of imide groups is 1. The monoisotopic (exact) mass is 419 g/mol. The van der Waals surface area contributed by atoms with Gasteiger partial charge in [-0.3, -0.25) is 19.4 Å². The van der Waals surface area contributed by atoms with Gasteiger partial charge in [0, 0.05) is 45.1 Å². The van der Waals surface area contributed by atoms with Crippen molar-refractivity contribution in [1.29, 1.82) is 0 Å². The second kappa shape index (κ2) is 7.55. The van der Waals surface area contributed by atoms with Gasteiger partial charge in [-0.1, -0.05) is 24.3 Å². The van der Waals surface area contributed by atoms with Crippen LogP contribution in [0.3, 0.4) is 0 Å². The van der Waals surface area contributed by atoms with Crippen LogP contribution in [0.1, 0.15) is 12.8 Å². The number of amides is 2. The highest BCUT2D eigenvalue weighted by molar-refractivity contribution is 6.06. The van der Waals surface area contributed by atoms with Crippen molar-refractivity contribution in [3.63, 3.8) is 0 Å². The number of hydrogen-bond donors (Lipinski definition) is 0. The first kappa shape index (κ1) is 19.2. The molecule has 0 radical (unpaired) electrons. The second-order valence-corrected chi connectivity index (χ2v) is 9.54. The van der Waals surface area contributed by atoms with E-state index in [1.165, 1.54) is 0 Å². The molecule has 7 rings (SSSR count). The van der Waals surface area contributed by atoms with Crippen molar-refractivity contribution < 1.29 is 9.59 Å². The van der Waals surface area contributed by atoms with Crippen LogP contribution in [-0.4, -0.2) is 70.9 Å². The summed E-state index contributed by atoms with van der Waals surface area (Å²) in [5.74, 6) is 2.19. The van der Waals surface area contributed by atoms with E-state index >= 15 is 0 Å². The van der Waals surface area contributed by atoms with Gasteiger partial charge in [-0.15, -0.1) is 0 Å². The molecule has 7 nitrogen and oxygen atoms in total. The maximum absolute atomic E-state index is 13.1. The Kier molecular flexibility index (Phi) is 4.67. The third-order valence-electron chi connectivity index (χ3n) is 8.08. The van der Waals surface area contributed by atoms with Crippen LogP contribution in [0.4, 0.5) is 5.95 Å². The molecule has 0 aromatic carbocycles. The molecule has 6 aliphatic rings. The lowest BCUT2D eigenvalue weighted by atomic mass is 9.50. The third-order valence-corrected chi connectivity index (χ3v) is 8.08. The summed E-state index contributed by atoms with van der Waals surface area (Å²) in [6.45, 7) is 5.44. The van der Waals surface area contributed by atoms with Gasteiger partial charge < -0.3 is 4.90 Å². The number of hydrogen-bond acceptors (Lipinski definition) is 6. The number of carbonyl (C=O) groups excluding carboxylic acids is 2.